The predicted molar refractivity (Wildman–Crippen MR) is 105 cm³/mol. The molecular formula is C22H24N2O4. The number of carbonyl (C=O) groups is 2. The molecule has 6 nitrogen and oxygen atoms in total. The van der Waals surface area contributed by atoms with Crippen LogP contribution in [0.5, 0.6) is 0 Å². The number of morpholine rings is 1. The van der Waals surface area contributed by atoms with Crippen molar-refractivity contribution in [1.29, 1.82) is 0 Å². The van der Waals surface area contributed by atoms with Crippen LogP contribution >= 0.6 is 0 Å². The molecule has 146 valence electrons. The highest BCUT2D eigenvalue weighted by atomic mass is 16.5. The number of fused-ring (bicyclic) bond motifs is 1. The summed E-state index contributed by atoms with van der Waals surface area (Å²) < 4.78 is 6.77. The second-order valence-corrected chi connectivity index (χ2v) is 8.25. The van der Waals surface area contributed by atoms with Gasteiger partial charge in [0.25, 0.3) is 11.5 Å². The van der Waals surface area contributed by atoms with Crippen molar-refractivity contribution in [3.05, 3.63) is 63.6 Å². The monoisotopic (exact) mass is 380 g/mol. The fourth-order valence-electron chi connectivity index (χ4n) is 4.07. The lowest BCUT2D eigenvalue weighted by Gasteiger charge is -2.33. The van der Waals surface area contributed by atoms with Gasteiger partial charge in [-0.05, 0) is 29.5 Å². The number of hydrogen-bond acceptors (Lipinski definition) is 4. The Labute approximate surface area is 163 Å². The van der Waals surface area contributed by atoms with Crippen LogP contribution in [0.2, 0.25) is 0 Å². The van der Waals surface area contributed by atoms with E-state index in [1.54, 1.807) is 23.2 Å². The maximum Gasteiger partial charge on any atom is 0.268 e. The van der Waals surface area contributed by atoms with Crippen LogP contribution in [0.1, 0.15) is 46.5 Å². The number of benzene rings is 1. The van der Waals surface area contributed by atoms with Crippen LogP contribution in [0, 0.1) is 5.41 Å². The number of pyridine rings is 1. The van der Waals surface area contributed by atoms with Gasteiger partial charge in [0.05, 0.1) is 13.2 Å². The van der Waals surface area contributed by atoms with Crippen LogP contribution in [-0.4, -0.2) is 47.5 Å². The van der Waals surface area contributed by atoms with Crippen molar-refractivity contribution in [3.8, 4) is 5.69 Å². The van der Waals surface area contributed by atoms with E-state index in [2.05, 4.69) is 0 Å². The summed E-state index contributed by atoms with van der Waals surface area (Å²) in [5.74, 6) is -0.327. The summed E-state index contributed by atoms with van der Waals surface area (Å²) in [6.45, 7) is 5.81. The highest BCUT2D eigenvalue weighted by Gasteiger charge is 2.37. The molecule has 0 radical (unpaired) electrons. The molecule has 1 amide bonds. The van der Waals surface area contributed by atoms with Crippen molar-refractivity contribution >= 4 is 11.7 Å². The molecule has 1 saturated heterocycles. The molecule has 1 fully saturated rings. The van der Waals surface area contributed by atoms with Gasteiger partial charge in [0, 0.05) is 37.0 Å². The van der Waals surface area contributed by atoms with Gasteiger partial charge < -0.3 is 9.64 Å². The summed E-state index contributed by atoms with van der Waals surface area (Å²) in [5, 5.41) is 0. The molecule has 0 unspecified atom stereocenters. The first-order valence-corrected chi connectivity index (χ1v) is 9.61. The van der Waals surface area contributed by atoms with E-state index in [0.717, 1.165) is 0 Å². The Morgan fingerprint density at radius 2 is 1.71 bits per heavy atom. The van der Waals surface area contributed by atoms with Crippen molar-refractivity contribution in [1.82, 2.24) is 9.47 Å². The topological polar surface area (TPSA) is 68.6 Å². The molecule has 0 bridgehead atoms. The van der Waals surface area contributed by atoms with Gasteiger partial charge in [-0.2, -0.15) is 0 Å². The zero-order valence-electron chi connectivity index (χ0n) is 16.2. The number of nitrogens with zero attached hydrogens (tertiary/aromatic N) is 2. The second kappa shape index (κ2) is 7.02. The number of aromatic nitrogens is 1. The summed E-state index contributed by atoms with van der Waals surface area (Å²) in [6, 6.07) is 9.12. The van der Waals surface area contributed by atoms with Gasteiger partial charge in [-0.3, -0.25) is 19.0 Å². The van der Waals surface area contributed by atoms with Crippen molar-refractivity contribution < 1.29 is 14.3 Å². The SMILES string of the molecule is CC1(C)CC(=O)c2cn(-c3ccccc3)c(=O)c(C(=O)N3CCOCC3)c2C1. The van der Waals surface area contributed by atoms with E-state index in [9.17, 15) is 14.4 Å². The molecule has 4 rings (SSSR count). The maximum absolute atomic E-state index is 13.4. The lowest BCUT2D eigenvalue weighted by Crippen LogP contribution is -2.45. The average molecular weight is 380 g/mol. The van der Waals surface area contributed by atoms with Crippen molar-refractivity contribution in [2.24, 2.45) is 5.41 Å². The molecule has 1 aromatic carbocycles. The van der Waals surface area contributed by atoms with E-state index in [-0.39, 0.29) is 28.2 Å². The van der Waals surface area contributed by atoms with Gasteiger partial charge in [-0.25, -0.2) is 0 Å². The number of rotatable bonds is 2. The van der Waals surface area contributed by atoms with E-state index < -0.39 is 0 Å². The predicted octanol–water partition coefficient (Wildman–Crippen LogP) is 2.47. The molecule has 0 atom stereocenters. The zero-order chi connectivity index (χ0) is 19.9. The fraction of sp³-hybridized carbons (Fsp3) is 0.409. The maximum atomic E-state index is 13.4. The lowest BCUT2D eigenvalue weighted by molar-refractivity contribution is 0.0300. The Bertz CT molecular complexity index is 986. The first kappa shape index (κ1) is 18.6. The molecule has 1 aromatic heterocycles. The minimum atomic E-state index is -0.369. The van der Waals surface area contributed by atoms with E-state index in [0.29, 0.717) is 56.0 Å². The van der Waals surface area contributed by atoms with E-state index in [4.69, 9.17) is 4.74 Å². The first-order chi connectivity index (χ1) is 13.4. The summed E-state index contributed by atoms with van der Waals surface area (Å²) in [7, 11) is 0. The number of ketones is 1. The van der Waals surface area contributed by atoms with Crippen LogP contribution in [0.4, 0.5) is 0 Å². The molecule has 2 aromatic rings. The Hall–Kier alpha value is -2.73. The van der Waals surface area contributed by atoms with Crippen molar-refractivity contribution in [2.75, 3.05) is 26.3 Å². The summed E-state index contributed by atoms with van der Waals surface area (Å²) >= 11 is 0. The molecule has 2 heterocycles. The molecule has 6 heteroatoms. The van der Waals surface area contributed by atoms with E-state index in [1.807, 2.05) is 32.0 Å². The van der Waals surface area contributed by atoms with Gasteiger partial charge in [-0.1, -0.05) is 32.0 Å². The summed E-state index contributed by atoms with van der Waals surface area (Å²) in [6.07, 6.45) is 2.54. The number of ether oxygens (including phenoxy) is 1. The quantitative estimate of drug-likeness (QED) is 0.803. The third kappa shape index (κ3) is 3.29. The Morgan fingerprint density at radius 1 is 1.04 bits per heavy atom. The minimum Gasteiger partial charge on any atom is -0.378 e. The molecule has 1 aliphatic heterocycles. The number of carbonyl (C=O) groups excluding carboxylic acids is 2. The molecule has 0 N–H and O–H groups in total. The Balaban J connectivity index is 1.94. The molecular weight excluding hydrogens is 356 g/mol. The highest BCUT2D eigenvalue weighted by Crippen LogP contribution is 2.36. The standard InChI is InChI=1S/C22H24N2O4/c1-22(2)12-16-17(18(25)13-22)14-24(15-6-4-3-5-7-15)21(27)19(16)20(26)23-8-10-28-11-9-23/h3-7,14H,8-13H2,1-2H3. The number of hydrogen-bond donors (Lipinski definition) is 0. The molecule has 28 heavy (non-hydrogen) atoms. The van der Waals surface area contributed by atoms with Crippen molar-refractivity contribution in [3.63, 3.8) is 0 Å². The number of para-hydroxylation sites is 1. The van der Waals surface area contributed by atoms with Crippen LogP contribution in [0.15, 0.2) is 41.3 Å². The Morgan fingerprint density at radius 3 is 2.39 bits per heavy atom. The average Bonchev–Trinajstić information content (AvgIpc) is 2.68. The van der Waals surface area contributed by atoms with Crippen LogP contribution in [0.3, 0.4) is 0 Å². The van der Waals surface area contributed by atoms with E-state index in [1.165, 1.54) is 4.57 Å². The first-order valence-electron chi connectivity index (χ1n) is 9.61. The van der Waals surface area contributed by atoms with Gasteiger partial charge in [0.1, 0.15) is 5.56 Å². The fourth-order valence-corrected chi connectivity index (χ4v) is 4.07. The smallest absolute Gasteiger partial charge is 0.268 e. The highest BCUT2D eigenvalue weighted by molar-refractivity contribution is 6.04. The molecule has 0 saturated carbocycles. The third-order valence-electron chi connectivity index (χ3n) is 5.46. The number of Topliss-reactive ketones (excluding diaryl/α,β-unsaturated/α-hetero) is 1. The van der Waals surface area contributed by atoms with Crippen LogP contribution in [0.25, 0.3) is 5.69 Å². The Kier molecular flexibility index (Phi) is 4.67. The lowest BCUT2D eigenvalue weighted by atomic mass is 9.73. The van der Waals surface area contributed by atoms with Gasteiger partial charge in [0.2, 0.25) is 0 Å². The summed E-state index contributed by atoms with van der Waals surface area (Å²) in [4.78, 5) is 41.3. The summed E-state index contributed by atoms with van der Waals surface area (Å²) in [5.41, 5.74) is 1.20. The van der Waals surface area contributed by atoms with Crippen LogP contribution < -0.4 is 5.56 Å². The minimum absolute atomic E-state index is 0.0213. The molecule has 0 spiro atoms. The van der Waals surface area contributed by atoms with Gasteiger partial charge in [0.15, 0.2) is 5.78 Å². The molecule has 2 aliphatic rings. The van der Waals surface area contributed by atoms with E-state index >= 15 is 0 Å². The van der Waals surface area contributed by atoms with Gasteiger partial charge in [-0.15, -0.1) is 0 Å². The van der Waals surface area contributed by atoms with Crippen LogP contribution in [-0.2, 0) is 11.2 Å². The third-order valence-corrected chi connectivity index (χ3v) is 5.46. The number of amides is 1. The van der Waals surface area contributed by atoms with Gasteiger partial charge >= 0.3 is 0 Å². The zero-order valence-corrected chi connectivity index (χ0v) is 16.2. The molecule has 1 aliphatic carbocycles. The van der Waals surface area contributed by atoms with Crippen molar-refractivity contribution in [2.45, 2.75) is 26.7 Å². The second-order valence-electron chi connectivity index (χ2n) is 8.25. The largest absolute Gasteiger partial charge is 0.378 e. The normalized spacial score (nSPS) is 18.6.